The lowest BCUT2D eigenvalue weighted by Gasteiger charge is -2.45. The van der Waals surface area contributed by atoms with Crippen molar-refractivity contribution in [3.63, 3.8) is 0 Å². The highest BCUT2D eigenvalue weighted by molar-refractivity contribution is 5.71. The van der Waals surface area contributed by atoms with Gasteiger partial charge in [-0.15, -0.1) is 0 Å². The summed E-state index contributed by atoms with van der Waals surface area (Å²) in [6.45, 7) is 11.0. The van der Waals surface area contributed by atoms with E-state index in [0.717, 1.165) is 51.4 Å². The molecular weight excluding hydrogens is 264 g/mol. The standard InChI is InChI=1S/C17H32N2O2/c1-4-13(3)18-8-10-19(11-9-18)16-12-14(5-2)6-7-15(16)17(20)21/h13-16H,4-12H2,1-3H3,(H,20,21). The largest absolute Gasteiger partial charge is 0.481 e. The van der Waals surface area contributed by atoms with Crippen LogP contribution in [0.3, 0.4) is 0 Å². The van der Waals surface area contributed by atoms with Gasteiger partial charge < -0.3 is 5.11 Å². The van der Waals surface area contributed by atoms with Crippen molar-refractivity contribution in [1.29, 1.82) is 0 Å². The molecule has 0 radical (unpaired) electrons. The van der Waals surface area contributed by atoms with Crippen molar-refractivity contribution < 1.29 is 9.90 Å². The molecule has 4 heteroatoms. The molecule has 122 valence electrons. The van der Waals surface area contributed by atoms with E-state index in [1.165, 1.54) is 12.8 Å². The zero-order chi connectivity index (χ0) is 15.4. The lowest BCUT2D eigenvalue weighted by Crippen LogP contribution is -2.56. The molecule has 0 aromatic carbocycles. The predicted octanol–water partition coefficient (Wildman–Crippen LogP) is 2.68. The van der Waals surface area contributed by atoms with E-state index < -0.39 is 5.97 Å². The third-order valence-electron chi connectivity index (χ3n) is 5.85. The summed E-state index contributed by atoms with van der Waals surface area (Å²) in [5.74, 6) is -0.0138. The highest BCUT2D eigenvalue weighted by Crippen LogP contribution is 2.34. The molecule has 1 heterocycles. The Balaban J connectivity index is 1.96. The summed E-state index contributed by atoms with van der Waals surface area (Å²) in [5, 5.41) is 9.54. The molecular formula is C17H32N2O2. The fourth-order valence-electron chi connectivity index (χ4n) is 4.06. The van der Waals surface area contributed by atoms with Gasteiger partial charge in [0.2, 0.25) is 0 Å². The number of hydrogen-bond acceptors (Lipinski definition) is 3. The summed E-state index contributed by atoms with van der Waals surface area (Å²) in [5.41, 5.74) is 0. The highest BCUT2D eigenvalue weighted by Gasteiger charge is 2.39. The number of carboxylic acid groups (broad SMARTS) is 1. The van der Waals surface area contributed by atoms with E-state index in [4.69, 9.17) is 0 Å². The third kappa shape index (κ3) is 3.98. The molecule has 21 heavy (non-hydrogen) atoms. The van der Waals surface area contributed by atoms with Gasteiger partial charge in [-0.1, -0.05) is 20.3 Å². The summed E-state index contributed by atoms with van der Waals surface area (Å²) in [4.78, 5) is 16.6. The van der Waals surface area contributed by atoms with Crippen LogP contribution in [-0.4, -0.2) is 59.1 Å². The SMILES string of the molecule is CCC1CCC(C(=O)O)C(N2CCN(C(C)CC)CC2)C1. The zero-order valence-corrected chi connectivity index (χ0v) is 13.9. The Bertz CT molecular complexity index is 340. The molecule has 0 bridgehead atoms. The number of piperazine rings is 1. The van der Waals surface area contributed by atoms with Crippen LogP contribution in [0.15, 0.2) is 0 Å². The number of hydrogen-bond donors (Lipinski definition) is 1. The lowest BCUT2D eigenvalue weighted by molar-refractivity contribution is -0.146. The normalized spacial score (nSPS) is 33.8. The van der Waals surface area contributed by atoms with Crippen LogP contribution in [0.1, 0.15) is 52.9 Å². The minimum absolute atomic E-state index is 0.150. The summed E-state index contributed by atoms with van der Waals surface area (Å²) in [7, 11) is 0. The van der Waals surface area contributed by atoms with Gasteiger partial charge in [0.25, 0.3) is 0 Å². The first-order chi connectivity index (χ1) is 10.1. The van der Waals surface area contributed by atoms with Gasteiger partial charge in [-0.2, -0.15) is 0 Å². The molecule has 0 aromatic rings. The molecule has 0 aromatic heterocycles. The molecule has 1 saturated heterocycles. The topological polar surface area (TPSA) is 43.8 Å². The molecule has 1 aliphatic carbocycles. The van der Waals surface area contributed by atoms with Crippen molar-refractivity contribution in [2.75, 3.05) is 26.2 Å². The van der Waals surface area contributed by atoms with Crippen LogP contribution < -0.4 is 0 Å². The van der Waals surface area contributed by atoms with Crippen molar-refractivity contribution in [3.8, 4) is 0 Å². The first kappa shape index (κ1) is 16.8. The van der Waals surface area contributed by atoms with E-state index in [0.29, 0.717) is 6.04 Å². The fourth-order valence-corrected chi connectivity index (χ4v) is 4.06. The Morgan fingerprint density at radius 2 is 1.86 bits per heavy atom. The minimum Gasteiger partial charge on any atom is -0.481 e. The second-order valence-electron chi connectivity index (χ2n) is 6.93. The van der Waals surface area contributed by atoms with Gasteiger partial charge in [-0.05, 0) is 38.5 Å². The Morgan fingerprint density at radius 3 is 2.38 bits per heavy atom. The molecule has 0 spiro atoms. The van der Waals surface area contributed by atoms with Crippen molar-refractivity contribution in [2.45, 2.75) is 65.0 Å². The van der Waals surface area contributed by atoms with Gasteiger partial charge in [0, 0.05) is 38.3 Å². The maximum atomic E-state index is 11.6. The maximum absolute atomic E-state index is 11.6. The van der Waals surface area contributed by atoms with Gasteiger partial charge >= 0.3 is 5.97 Å². The third-order valence-corrected chi connectivity index (χ3v) is 5.85. The second-order valence-corrected chi connectivity index (χ2v) is 6.93. The summed E-state index contributed by atoms with van der Waals surface area (Å²) >= 11 is 0. The number of nitrogens with zero attached hydrogens (tertiary/aromatic N) is 2. The van der Waals surface area contributed by atoms with Gasteiger partial charge in [0.05, 0.1) is 5.92 Å². The van der Waals surface area contributed by atoms with E-state index in [1.807, 2.05) is 0 Å². The number of rotatable bonds is 5. The van der Waals surface area contributed by atoms with E-state index in [1.54, 1.807) is 0 Å². The van der Waals surface area contributed by atoms with Crippen LogP contribution >= 0.6 is 0 Å². The van der Waals surface area contributed by atoms with Crippen molar-refractivity contribution >= 4 is 5.97 Å². The van der Waals surface area contributed by atoms with E-state index >= 15 is 0 Å². The van der Waals surface area contributed by atoms with Crippen LogP contribution in [0.25, 0.3) is 0 Å². The first-order valence-electron chi connectivity index (χ1n) is 8.77. The van der Waals surface area contributed by atoms with Crippen LogP contribution in [0.4, 0.5) is 0 Å². The second kappa shape index (κ2) is 7.59. The van der Waals surface area contributed by atoms with Gasteiger partial charge in [-0.3, -0.25) is 14.6 Å². The lowest BCUT2D eigenvalue weighted by atomic mass is 9.76. The van der Waals surface area contributed by atoms with Gasteiger partial charge in [-0.25, -0.2) is 0 Å². The number of carbonyl (C=O) groups is 1. The molecule has 1 saturated carbocycles. The molecule has 2 aliphatic rings. The fraction of sp³-hybridized carbons (Fsp3) is 0.941. The molecule has 2 fully saturated rings. The van der Waals surface area contributed by atoms with Crippen LogP contribution in [-0.2, 0) is 4.79 Å². The number of carboxylic acids is 1. The molecule has 4 unspecified atom stereocenters. The Morgan fingerprint density at radius 1 is 1.19 bits per heavy atom. The average molecular weight is 296 g/mol. The Kier molecular flexibility index (Phi) is 6.06. The van der Waals surface area contributed by atoms with E-state index in [-0.39, 0.29) is 12.0 Å². The average Bonchev–Trinajstić information content (AvgIpc) is 2.53. The Labute approximate surface area is 129 Å². The summed E-state index contributed by atoms with van der Waals surface area (Å²) in [6, 6.07) is 0.914. The van der Waals surface area contributed by atoms with Crippen molar-refractivity contribution in [2.24, 2.45) is 11.8 Å². The molecule has 1 N–H and O–H groups in total. The zero-order valence-electron chi connectivity index (χ0n) is 13.9. The van der Waals surface area contributed by atoms with E-state index in [2.05, 4.69) is 30.6 Å². The quantitative estimate of drug-likeness (QED) is 0.847. The van der Waals surface area contributed by atoms with Crippen LogP contribution in [0.5, 0.6) is 0 Å². The maximum Gasteiger partial charge on any atom is 0.308 e. The smallest absolute Gasteiger partial charge is 0.308 e. The monoisotopic (exact) mass is 296 g/mol. The molecule has 1 aliphatic heterocycles. The van der Waals surface area contributed by atoms with Crippen LogP contribution in [0, 0.1) is 11.8 Å². The van der Waals surface area contributed by atoms with Crippen molar-refractivity contribution in [1.82, 2.24) is 9.80 Å². The summed E-state index contributed by atoms with van der Waals surface area (Å²) in [6.07, 6.45) is 5.42. The first-order valence-corrected chi connectivity index (χ1v) is 8.77. The predicted molar refractivity (Wildman–Crippen MR) is 85.4 cm³/mol. The molecule has 2 rings (SSSR count). The number of aliphatic carboxylic acids is 1. The summed E-state index contributed by atoms with van der Waals surface area (Å²) < 4.78 is 0. The van der Waals surface area contributed by atoms with Crippen LogP contribution in [0.2, 0.25) is 0 Å². The highest BCUT2D eigenvalue weighted by atomic mass is 16.4. The van der Waals surface area contributed by atoms with Crippen molar-refractivity contribution in [3.05, 3.63) is 0 Å². The molecule has 4 atom stereocenters. The van der Waals surface area contributed by atoms with E-state index in [9.17, 15) is 9.90 Å². The molecule has 0 amide bonds. The minimum atomic E-state index is -0.584. The van der Waals surface area contributed by atoms with Gasteiger partial charge in [0.1, 0.15) is 0 Å². The Hall–Kier alpha value is -0.610. The molecule has 4 nitrogen and oxygen atoms in total. The van der Waals surface area contributed by atoms with Gasteiger partial charge in [0.15, 0.2) is 0 Å².